The number of unbranched alkanes of at least 4 members (excludes halogenated alkanes) is 2. The molecule has 3 heterocycles. The molecule has 0 aromatic heterocycles. The lowest BCUT2D eigenvalue weighted by molar-refractivity contribution is -0.870. The van der Waals surface area contributed by atoms with Crippen LogP contribution in [-0.4, -0.2) is 117 Å². The van der Waals surface area contributed by atoms with Crippen molar-refractivity contribution < 1.29 is 33.4 Å². The Balaban J connectivity index is 1.57. The van der Waals surface area contributed by atoms with Crippen molar-refractivity contribution in [2.75, 3.05) is 73.7 Å². The van der Waals surface area contributed by atoms with Crippen molar-refractivity contribution in [1.29, 1.82) is 0 Å². The van der Waals surface area contributed by atoms with E-state index in [1.807, 2.05) is 17.0 Å². The maximum atomic E-state index is 13.9. The summed E-state index contributed by atoms with van der Waals surface area (Å²) in [6.07, 6.45) is 5.03. The number of ether oxygens (including phenoxy) is 3. The van der Waals surface area contributed by atoms with Gasteiger partial charge in [-0.25, -0.2) is 0 Å². The van der Waals surface area contributed by atoms with Crippen LogP contribution >= 0.6 is 0 Å². The fraction of sp³-hybridized carbons (Fsp3) is 0.758. The number of fused-ring (bicyclic) bond motifs is 1. The van der Waals surface area contributed by atoms with E-state index in [0.29, 0.717) is 32.8 Å². The highest BCUT2D eigenvalue weighted by atomic mass is 16.7. The molecule has 0 radical (unpaired) electrons. The predicted octanol–water partition coefficient (Wildman–Crippen LogP) is 3.99. The number of likely N-dealkylation sites (tertiary alicyclic amines) is 1. The van der Waals surface area contributed by atoms with E-state index in [1.165, 1.54) is 0 Å². The Morgan fingerprint density at radius 2 is 1.79 bits per heavy atom. The van der Waals surface area contributed by atoms with Gasteiger partial charge in [-0.2, -0.15) is 0 Å². The number of benzene rings is 1. The van der Waals surface area contributed by atoms with E-state index in [4.69, 9.17) is 14.2 Å². The van der Waals surface area contributed by atoms with Crippen LogP contribution < -0.4 is 4.74 Å². The quantitative estimate of drug-likeness (QED) is 0.245. The van der Waals surface area contributed by atoms with Crippen molar-refractivity contribution in [2.45, 2.75) is 77.5 Å². The molecule has 3 atom stereocenters. The first-order valence-electron chi connectivity index (χ1n) is 15.9. The summed E-state index contributed by atoms with van der Waals surface area (Å²) >= 11 is 0. The van der Waals surface area contributed by atoms with Crippen LogP contribution in [0.4, 0.5) is 0 Å². The first-order chi connectivity index (χ1) is 19.9. The minimum Gasteiger partial charge on any atom is -0.493 e. The number of carboxylic acid groups (broad SMARTS) is 1. The Hall–Kier alpha value is -2.20. The van der Waals surface area contributed by atoms with E-state index in [2.05, 4.69) is 52.9 Å². The Kier molecular flexibility index (Phi) is 10.9. The van der Waals surface area contributed by atoms with Crippen LogP contribution in [0, 0.1) is 11.3 Å². The minimum absolute atomic E-state index is 0.0945. The van der Waals surface area contributed by atoms with E-state index in [1.54, 1.807) is 0 Å². The molecule has 3 aliphatic rings. The molecule has 1 aromatic carbocycles. The fourth-order valence-electron chi connectivity index (χ4n) is 6.84. The van der Waals surface area contributed by atoms with Crippen LogP contribution in [-0.2, 0) is 25.5 Å². The Bertz CT molecular complexity index is 1060. The van der Waals surface area contributed by atoms with Gasteiger partial charge in [-0.05, 0) is 42.9 Å². The van der Waals surface area contributed by atoms with Gasteiger partial charge < -0.3 is 28.7 Å². The lowest BCUT2D eigenvalue weighted by Crippen LogP contribution is -2.47. The molecule has 3 aliphatic heterocycles. The van der Waals surface area contributed by atoms with Crippen molar-refractivity contribution in [3.63, 3.8) is 0 Å². The minimum atomic E-state index is -0.816. The number of carbonyl (C=O) groups is 2. The van der Waals surface area contributed by atoms with Crippen molar-refractivity contribution >= 4 is 11.9 Å². The van der Waals surface area contributed by atoms with Gasteiger partial charge in [0.2, 0.25) is 5.91 Å². The number of rotatable bonds is 15. The van der Waals surface area contributed by atoms with Crippen LogP contribution in [0.25, 0.3) is 0 Å². The van der Waals surface area contributed by atoms with Crippen LogP contribution in [0.3, 0.4) is 0 Å². The molecule has 0 aliphatic carbocycles. The molecule has 236 valence electrons. The van der Waals surface area contributed by atoms with Gasteiger partial charge in [-0.15, -0.1) is 0 Å². The lowest BCUT2D eigenvalue weighted by Gasteiger charge is -2.37. The van der Waals surface area contributed by atoms with Crippen molar-refractivity contribution in [3.05, 3.63) is 29.3 Å². The molecule has 42 heavy (non-hydrogen) atoms. The zero-order valence-electron chi connectivity index (χ0n) is 26.8. The molecule has 1 N–H and O–H groups in total. The largest absolute Gasteiger partial charge is 0.493 e. The third-order valence-corrected chi connectivity index (χ3v) is 9.15. The first kappa shape index (κ1) is 32.7. The highest BCUT2D eigenvalue weighted by Gasteiger charge is 2.50. The molecule has 1 amide bonds. The molecule has 2 saturated heterocycles. The van der Waals surface area contributed by atoms with Gasteiger partial charge in [0.15, 0.2) is 6.29 Å². The highest BCUT2D eigenvalue weighted by Crippen LogP contribution is 2.45. The summed E-state index contributed by atoms with van der Waals surface area (Å²) in [7, 11) is 6.58. The molecule has 3 unspecified atom stereocenters. The van der Waals surface area contributed by atoms with Crippen LogP contribution in [0.1, 0.15) is 69.9 Å². The van der Waals surface area contributed by atoms with E-state index in [-0.39, 0.29) is 30.7 Å². The van der Waals surface area contributed by atoms with Gasteiger partial charge in [0.1, 0.15) is 5.75 Å². The third-order valence-electron chi connectivity index (χ3n) is 9.15. The van der Waals surface area contributed by atoms with Crippen LogP contribution in [0.5, 0.6) is 5.75 Å². The average molecular weight is 589 g/mol. The summed E-state index contributed by atoms with van der Waals surface area (Å²) in [5.41, 5.74) is 1.74. The monoisotopic (exact) mass is 588 g/mol. The second-order valence-corrected chi connectivity index (χ2v) is 14.2. The number of carbonyl (C=O) groups excluding carboxylic acids is 1. The van der Waals surface area contributed by atoms with Crippen molar-refractivity contribution in [1.82, 2.24) is 9.80 Å². The first-order valence-corrected chi connectivity index (χ1v) is 15.9. The maximum Gasteiger partial charge on any atom is 0.308 e. The van der Waals surface area contributed by atoms with E-state index in [0.717, 1.165) is 73.1 Å². The van der Waals surface area contributed by atoms with Crippen molar-refractivity contribution in [2.24, 2.45) is 11.3 Å². The van der Waals surface area contributed by atoms with Gasteiger partial charge >= 0.3 is 5.97 Å². The summed E-state index contributed by atoms with van der Waals surface area (Å²) in [6, 6.07) is 5.80. The molecular formula is C33H54N3O6+. The van der Waals surface area contributed by atoms with Gasteiger partial charge in [-0.1, -0.05) is 39.3 Å². The SMILES string of the molecule is CCCCN(CCCC[N+](C)(C)C)C(=O)CN1CC(c2ccc3c(c2)CCO3)C(C(=O)O)C1CC(C)(C)C1OCCO1. The third kappa shape index (κ3) is 8.24. The van der Waals surface area contributed by atoms with Gasteiger partial charge in [0, 0.05) is 43.4 Å². The average Bonchev–Trinajstić information content (AvgIpc) is 3.68. The smallest absolute Gasteiger partial charge is 0.308 e. The molecule has 4 rings (SSSR count). The van der Waals surface area contributed by atoms with E-state index < -0.39 is 17.3 Å². The molecule has 0 spiro atoms. The Morgan fingerprint density at radius 1 is 1.07 bits per heavy atom. The summed E-state index contributed by atoms with van der Waals surface area (Å²) in [4.78, 5) is 31.1. The van der Waals surface area contributed by atoms with Gasteiger partial charge in [0.05, 0.1) is 60.0 Å². The summed E-state index contributed by atoms with van der Waals surface area (Å²) < 4.78 is 18.4. The van der Waals surface area contributed by atoms with E-state index >= 15 is 0 Å². The second kappa shape index (κ2) is 14.1. The number of amides is 1. The Morgan fingerprint density at radius 3 is 2.45 bits per heavy atom. The Labute approximate surface area is 252 Å². The number of hydrogen-bond donors (Lipinski definition) is 1. The van der Waals surface area contributed by atoms with Gasteiger partial charge in [-0.3, -0.25) is 14.5 Å². The lowest BCUT2D eigenvalue weighted by atomic mass is 9.77. The number of nitrogens with zero attached hydrogens (tertiary/aromatic N) is 3. The molecule has 9 nitrogen and oxygen atoms in total. The normalized spacial score (nSPS) is 23.2. The van der Waals surface area contributed by atoms with Gasteiger partial charge in [0.25, 0.3) is 0 Å². The molecule has 1 aromatic rings. The molecule has 0 saturated carbocycles. The number of quaternary nitrogens is 1. The molecule has 9 heteroatoms. The van der Waals surface area contributed by atoms with Crippen LogP contribution in [0.15, 0.2) is 18.2 Å². The summed E-state index contributed by atoms with van der Waals surface area (Å²) in [5, 5.41) is 10.6. The number of hydrogen-bond acceptors (Lipinski definition) is 6. The summed E-state index contributed by atoms with van der Waals surface area (Å²) in [5.74, 6) is -0.699. The molecular weight excluding hydrogens is 534 g/mol. The fourth-order valence-corrected chi connectivity index (χ4v) is 6.84. The molecule has 0 bridgehead atoms. The number of aliphatic carboxylic acids is 1. The zero-order chi connectivity index (χ0) is 30.5. The molecule has 2 fully saturated rings. The zero-order valence-corrected chi connectivity index (χ0v) is 26.8. The maximum absolute atomic E-state index is 13.9. The van der Waals surface area contributed by atoms with Crippen molar-refractivity contribution in [3.8, 4) is 5.75 Å². The van der Waals surface area contributed by atoms with Crippen LogP contribution in [0.2, 0.25) is 0 Å². The predicted molar refractivity (Wildman–Crippen MR) is 163 cm³/mol. The topological polar surface area (TPSA) is 88.5 Å². The highest BCUT2D eigenvalue weighted by molar-refractivity contribution is 5.79. The van der Waals surface area contributed by atoms with E-state index in [9.17, 15) is 14.7 Å². The summed E-state index contributed by atoms with van der Waals surface area (Å²) in [6.45, 7) is 11.4. The second-order valence-electron chi connectivity index (χ2n) is 14.2. The standard InChI is InChI=1S/C33H53N3O6/c1-7-8-14-34(15-9-10-16-36(4,5)6)29(37)23-35-22-26(24-11-12-28-25(20-24)13-17-40-28)30(31(38)39)27(35)21-33(2,3)32-41-18-19-42-32/h11-12,20,26-27,30,32H,7-10,13-19,21-23H2,1-6H3/p+1. The number of carboxylic acids is 1.